The Labute approximate surface area is 166 Å². The van der Waals surface area contributed by atoms with Crippen LogP contribution in [-0.2, 0) is 12.2 Å². The average molecular weight is 384 g/mol. The lowest BCUT2D eigenvalue weighted by molar-refractivity contribution is 0.0653. The number of aliphatic hydroxyl groups is 2. The topological polar surface area (TPSA) is 67.5 Å². The normalized spacial score (nSPS) is 13.3. The summed E-state index contributed by atoms with van der Waals surface area (Å²) in [5, 5.41) is 30.6. The Morgan fingerprint density at radius 2 is 1.71 bits per heavy atom. The first-order valence-corrected chi connectivity index (χ1v) is 9.68. The van der Waals surface area contributed by atoms with Crippen LogP contribution in [0.5, 0.6) is 0 Å². The Balaban J connectivity index is 2.27. The van der Waals surface area contributed by atoms with Gasteiger partial charge in [0, 0.05) is 0 Å². The summed E-state index contributed by atoms with van der Waals surface area (Å²) in [5.41, 5.74) is 0.744. The molecule has 0 aliphatic carbocycles. The monoisotopic (exact) mass is 384 g/mol. The Hall–Kier alpha value is -2.26. The fourth-order valence-electron chi connectivity index (χ4n) is 3.52. The smallest absolute Gasteiger partial charge is 0.123 e. The van der Waals surface area contributed by atoms with Gasteiger partial charge in [0.15, 0.2) is 0 Å². The number of hydrogen-bond acceptors (Lipinski definition) is 4. The van der Waals surface area contributed by atoms with E-state index in [9.17, 15) is 14.6 Å². The van der Waals surface area contributed by atoms with E-state index in [-0.39, 0.29) is 12.4 Å². The van der Waals surface area contributed by atoms with Crippen molar-refractivity contribution in [2.24, 2.45) is 0 Å². The summed E-state index contributed by atoms with van der Waals surface area (Å²) in [6, 6.07) is 12.8. The largest absolute Gasteiger partial charge is 0.392 e. The van der Waals surface area contributed by atoms with Gasteiger partial charge in [0.05, 0.1) is 18.2 Å². The SMILES string of the molecule is CN(C)CCCCCCC(O)(c1ccc(F)cc1)c1ccc(C#N)cc1CO. The van der Waals surface area contributed by atoms with Gasteiger partial charge in [-0.2, -0.15) is 5.26 Å². The number of nitrogens with zero attached hydrogens (tertiary/aromatic N) is 2. The Morgan fingerprint density at radius 3 is 2.32 bits per heavy atom. The molecule has 4 nitrogen and oxygen atoms in total. The lowest BCUT2D eigenvalue weighted by Crippen LogP contribution is -2.29. The maximum atomic E-state index is 13.4. The van der Waals surface area contributed by atoms with Gasteiger partial charge in [0.25, 0.3) is 0 Å². The van der Waals surface area contributed by atoms with E-state index in [0.29, 0.717) is 28.7 Å². The van der Waals surface area contributed by atoms with Crippen LogP contribution in [-0.4, -0.2) is 35.8 Å². The highest BCUT2D eigenvalue weighted by molar-refractivity contribution is 5.45. The van der Waals surface area contributed by atoms with Crippen molar-refractivity contribution in [3.8, 4) is 6.07 Å². The van der Waals surface area contributed by atoms with Crippen molar-refractivity contribution in [3.63, 3.8) is 0 Å². The molecule has 2 rings (SSSR count). The minimum Gasteiger partial charge on any atom is -0.392 e. The zero-order valence-electron chi connectivity index (χ0n) is 16.7. The number of unbranched alkanes of at least 4 members (excludes halogenated alkanes) is 3. The molecule has 0 saturated carbocycles. The zero-order chi connectivity index (χ0) is 20.6. The first-order valence-electron chi connectivity index (χ1n) is 9.68. The van der Waals surface area contributed by atoms with Crippen molar-refractivity contribution in [1.82, 2.24) is 4.90 Å². The van der Waals surface area contributed by atoms with E-state index in [0.717, 1.165) is 32.2 Å². The number of benzene rings is 2. The van der Waals surface area contributed by atoms with Crippen LogP contribution in [0.15, 0.2) is 42.5 Å². The van der Waals surface area contributed by atoms with E-state index in [4.69, 9.17) is 5.26 Å². The molecule has 0 aliphatic rings. The molecule has 0 radical (unpaired) electrons. The lowest BCUT2D eigenvalue weighted by atomic mass is 9.79. The molecule has 0 saturated heterocycles. The van der Waals surface area contributed by atoms with Gasteiger partial charge in [-0.25, -0.2) is 4.39 Å². The van der Waals surface area contributed by atoms with E-state index >= 15 is 0 Å². The molecule has 150 valence electrons. The van der Waals surface area contributed by atoms with Gasteiger partial charge in [0.1, 0.15) is 11.4 Å². The third-order valence-corrected chi connectivity index (χ3v) is 5.07. The van der Waals surface area contributed by atoms with Crippen molar-refractivity contribution >= 4 is 0 Å². The van der Waals surface area contributed by atoms with Crippen LogP contribution < -0.4 is 0 Å². The molecular formula is C23H29FN2O2. The van der Waals surface area contributed by atoms with Gasteiger partial charge < -0.3 is 15.1 Å². The number of nitriles is 1. The predicted octanol–water partition coefficient (Wildman–Crippen LogP) is 3.94. The molecule has 28 heavy (non-hydrogen) atoms. The van der Waals surface area contributed by atoms with Gasteiger partial charge in [-0.15, -0.1) is 0 Å². The summed E-state index contributed by atoms with van der Waals surface area (Å²) in [5.74, 6) is -0.364. The van der Waals surface area contributed by atoms with Gasteiger partial charge in [-0.1, -0.05) is 31.0 Å². The maximum Gasteiger partial charge on any atom is 0.123 e. The summed E-state index contributed by atoms with van der Waals surface area (Å²) in [6.07, 6.45) is 4.40. The number of rotatable bonds is 10. The van der Waals surface area contributed by atoms with Crippen molar-refractivity contribution in [1.29, 1.82) is 5.26 Å². The Kier molecular flexibility index (Phi) is 8.13. The third-order valence-electron chi connectivity index (χ3n) is 5.07. The second-order valence-corrected chi connectivity index (χ2v) is 7.48. The van der Waals surface area contributed by atoms with E-state index in [1.54, 1.807) is 30.3 Å². The molecule has 1 unspecified atom stereocenters. The standard InChI is InChI=1S/C23H29FN2O2/c1-26(2)14-6-4-3-5-13-23(28,20-8-10-21(24)11-9-20)22-12-7-18(16-25)15-19(22)17-27/h7-12,15,27-28H,3-6,13-14,17H2,1-2H3. The molecular weight excluding hydrogens is 355 g/mol. The fourth-order valence-corrected chi connectivity index (χ4v) is 3.52. The highest BCUT2D eigenvalue weighted by atomic mass is 19.1. The summed E-state index contributed by atoms with van der Waals surface area (Å²) in [7, 11) is 4.10. The van der Waals surface area contributed by atoms with E-state index in [1.807, 2.05) is 0 Å². The average Bonchev–Trinajstić information content (AvgIpc) is 2.70. The van der Waals surface area contributed by atoms with Crippen molar-refractivity contribution < 1.29 is 14.6 Å². The van der Waals surface area contributed by atoms with Crippen LogP contribution >= 0.6 is 0 Å². The number of hydrogen-bond donors (Lipinski definition) is 2. The van der Waals surface area contributed by atoms with Crippen LogP contribution in [0.1, 0.15) is 54.4 Å². The maximum absolute atomic E-state index is 13.4. The molecule has 0 fully saturated rings. The molecule has 0 aliphatic heterocycles. The fraction of sp³-hybridized carbons (Fsp3) is 0.435. The highest BCUT2D eigenvalue weighted by Gasteiger charge is 2.33. The van der Waals surface area contributed by atoms with Crippen LogP contribution in [0.3, 0.4) is 0 Å². The predicted molar refractivity (Wildman–Crippen MR) is 108 cm³/mol. The summed E-state index contributed by atoms with van der Waals surface area (Å²) in [4.78, 5) is 2.15. The Bertz CT molecular complexity index is 799. The molecule has 0 spiro atoms. The van der Waals surface area contributed by atoms with Crippen LogP contribution in [0.4, 0.5) is 4.39 Å². The molecule has 0 amide bonds. The van der Waals surface area contributed by atoms with Gasteiger partial charge in [-0.3, -0.25) is 0 Å². The number of halogens is 1. The molecule has 2 N–H and O–H groups in total. The van der Waals surface area contributed by atoms with Gasteiger partial charge in [0.2, 0.25) is 0 Å². The van der Waals surface area contributed by atoms with E-state index < -0.39 is 5.60 Å². The molecule has 0 heterocycles. The Morgan fingerprint density at radius 1 is 1.04 bits per heavy atom. The molecule has 0 bridgehead atoms. The second-order valence-electron chi connectivity index (χ2n) is 7.48. The summed E-state index contributed by atoms with van der Waals surface area (Å²) >= 11 is 0. The molecule has 2 aromatic carbocycles. The van der Waals surface area contributed by atoms with E-state index in [2.05, 4.69) is 25.1 Å². The molecule has 2 aromatic rings. The highest BCUT2D eigenvalue weighted by Crippen LogP contribution is 2.37. The summed E-state index contributed by atoms with van der Waals surface area (Å²) < 4.78 is 13.4. The minimum atomic E-state index is -1.35. The quantitative estimate of drug-likeness (QED) is 0.609. The first-order chi connectivity index (χ1) is 13.4. The number of aliphatic hydroxyl groups excluding tert-OH is 1. The van der Waals surface area contributed by atoms with Crippen molar-refractivity contribution in [2.45, 2.75) is 44.3 Å². The van der Waals surface area contributed by atoms with Crippen molar-refractivity contribution in [2.75, 3.05) is 20.6 Å². The van der Waals surface area contributed by atoms with Crippen LogP contribution in [0.25, 0.3) is 0 Å². The lowest BCUT2D eigenvalue weighted by Gasteiger charge is -2.31. The second kappa shape index (κ2) is 10.3. The molecule has 0 aromatic heterocycles. The summed E-state index contributed by atoms with van der Waals surface area (Å²) in [6.45, 7) is 0.754. The van der Waals surface area contributed by atoms with Gasteiger partial charge in [-0.05, 0) is 80.9 Å². The van der Waals surface area contributed by atoms with E-state index in [1.165, 1.54) is 12.1 Å². The molecule has 1 atom stereocenters. The van der Waals surface area contributed by atoms with Gasteiger partial charge >= 0.3 is 0 Å². The van der Waals surface area contributed by atoms with Crippen LogP contribution in [0.2, 0.25) is 0 Å². The zero-order valence-corrected chi connectivity index (χ0v) is 16.7. The van der Waals surface area contributed by atoms with Crippen molar-refractivity contribution in [3.05, 3.63) is 70.5 Å². The first kappa shape index (κ1) is 22.0. The molecule has 5 heteroatoms. The third kappa shape index (κ3) is 5.62. The minimum absolute atomic E-state index is 0.281. The van der Waals surface area contributed by atoms with Crippen LogP contribution in [0, 0.1) is 17.1 Å².